The highest BCUT2D eigenvalue weighted by Crippen LogP contribution is 2.18. The number of non-ortho nitro benzene ring substituents is 1. The number of nitro benzene ring substituents is 1. The van der Waals surface area contributed by atoms with Crippen LogP contribution in [-0.4, -0.2) is 10.7 Å². The Balaban J connectivity index is 2.27. The number of Topliss-reactive ketones (excluding diaryl/α,β-unsaturated/α-hetero) is 1. The average molecular weight is 277 g/mol. The standard InChI is InChI=1S/C14H9F2NO3/c15-11-3-1-2-9(4-11)5-14(18)10-6-12(16)8-13(7-10)17(19)20/h1-4,6-8H,5H2. The zero-order valence-corrected chi connectivity index (χ0v) is 10.2. The third-order valence-corrected chi connectivity index (χ3v) is 2.67. The minimum atomic E-state index is -0.859. The van der Waals surface area contributed by atoms with Gasteiger partial charge < -0.3 is 0 Å². The van der Waals surface area contributed by atoms with Gasteiger partial charge in [0.05, 0.1) is 11.0 Å². The quantitative estimate of drug-likeness (QED) is 0.489. The highest BCUT2D eigenvalue weighted by atomic mass is 19.1. The Hall–Kier alpha value is -2.63. The van der Waals surface area contributed by atoms with Gasteiger partial charge in [0.2, 0.25) is 0 Å². The Bertz CT molecular complexity index is 686. The van der Waals surface area contributed by atoms with Gasteiger partial charge >= 0.3 is 0 Å². The van der Waals surface area contributed by atoms with Crippen molar-refractivity contribution in [1.82, 2.24) is 0 Å². The molecular weight excluding hydrogens is 268 g/mol. The summed E-state index contributed by atoms with van der Waals surface area (Å²) in [4.78, 5) is 21.8. The van der Waals surface area contributed by atoms with E-state index in [4.69, 9.17) is 0 Å². The smallest absolute Gasteiger partial charge is 0.273 e. The van der Waals surface area contributed by atoms with E-state index in [1.165, 1.54) is 18.2 Å². The van der Waals surface area contributed by atoms with Crippen molar-refractivity contribution < 1.29 is 18.5 Å². The first-order valence-corrected chi connectivity index (χ1v) is 5.68. The second-order valence-corrected chi connectivity index (χ2v) is 4.19. The molecule has 20 heavy (non-hydrogen) atoms. The Morgan fingerprint density at radius 3 is 2.50 bits per heavy atom. The van der Waals surface area contributed by atoms with Crippen LogP contribution in [0.1, 0.15) is 15.9 Å². The molecule has 0 N–H and O–H groups in total. The molecule has 0 radical (unpaired) electrons. The molecule has 0 saturated carbocycles. The van der Waals surface area contributed by atoms with Crippen LogP contribution in [0.3, 0.4) is 0 Å². The summed E-state index contributed by atoms with van der Waals surface area (Å²) in [6.45, 7) is 0. The van der Waals surface area contributed by atoms with Crippen LogP contribution in [0.4, 0.5) is 14.5 Å². The minimum absolute atomic E-state index is 0.110. The molecule has 6 heteroatoms. The van der Waals surface area contributed by atoms with Crippen LogP contribution in [0.25, 0.3) is 0 Å². The molecule has 0 amide bonds. The van der Waals surface area contributed by atoms with Crippen molar-refractivity contribution in [3.63, 3.8) is 0 Å². The van der Waals surface area contributed by atoms with Gasteiger partial charge in [0.1, 0.15) is 11.6 Å². The molecule has 102 valence electrons. The predicted octanol–water partition coefficient (Wildman–Crippen LogP) is 3.30. The number of benzene rings is 2. The Morgan fingerprint density at radius 2 is 1.85 bits per heavy atom. The van der Waals surface area contributed by atoms with E-state index >= 15 is 0 Å². The van der Waals surface area contributed by atoms with Crippen molar-refractivity contribution in [2.75, 3.05) is 0 Å². The predicted molar refractivity (Wildman–Crippen MR) is 67.5 cm³/mol. The number of hydrogen-bond donors (Lipinski definition) is 0. The van der Waals surface area contributed by atoms with Crippen molar-refractivity contribution in [3.05, 3.63) is 75.3 Å². The number of hydrogen-bond acceptors (Lipinski definition) is 3. The lowest BCUT2D eigenvalue weighted by Crippen LogP contribution is -2.05. The molecular formula is C14H9F2NO3. The zero-order valence-electron chi connectivity index (χ0n) is 10.2. The summed E-state index contributed by atoms with van der Waals surface area (Å²) in [6.07, 6.45) is -0.154. The molecule has 0 saturated heterocycles. The van der Waals surface area contributed by atoms with Gasteiger partial charge in [-0.05, 0) is 23.8 Å². The second-order valence-electron chi connectivity index (χ2n) is 4.19. The lowest BCUT2D eigenvalue weighted by atomic mass is 10.0. The molecule has 0 atom stereocenters. The topological polar surface area (TPSA) is 60.2 Å². The third kappa shape index (κ3) is 3.23. The summed E-state index contributed by atoms with van der Waals surface area (Å²) in [5.41, 5.74) is -0.185. The molecule has 0 bridgehead atoms. The molecule has 0 aromatic heterocycles. The summed E-state index contributed by atoms with van der Waals surface area (Å²) in [6, 6.07) is 8.09. The number of nitrogens with zero attached hydrogens (tertiary/aromatic N) is 1. The summed E-state index contributed by atoms with van der Waals surface area (Å²) in [5, 5.41) is 10.6. The van der Waals surface area contributed by atoms with Crippen molar-refractivity contribution >= 4 is 11.5 Å². The average Bonchev–Trinajstić information content (AvgIpc) is 2.37. The van der Waals surface area contributed by atoms with Crippen LogP contribution in [-0.2, 0) is 6.42 Å². The number of carbonyl (C=O) groups excluding carboxylic acids is 1. The van der Waals surface area contributed by atoms with E-state index in [9.17, 15) is 23.7 Å². The fourth-order valence-corrected chi connectivity index (χ4v) is 1.77. The zero-order chi connectivity index (χ0) is 14.7. The summed E-state index contributed by atoms with van der Waals surface area (Å²) in [5.74, 6) is -1.86. The molecule has 0 aliphatic heterocycles. The lowest BCUT2D eigenvalue weighted by molar-refractivity contribution is -0.385. The van der Waals surface area contributed by atoms with Gasteiger partial charge in [-0.1, -0.05) is 12.1 Å². The van der Waals surface area contributed by atoms with Crippen molar-refractivity contribution in [1.29, 1.82) is 0 Å². The summed E-state index contributed by atoms with van der Waals surface area (Å²) < 4.78 is 26.2. The molecule has 0 fully saturated rings. The van der Waals surface area contributed by atoms with Crippen LogP contribution < -0.4 is 0 Å². The van der Waals surface area contributed by atoms with Crippen LogP contribution in [0, 0.1) is 21.7 Å². The normalized spacial score (nSPS) is 10.3. The second kappa shape index (κ2) is 5.56. The highest BCUT2D eigenvalue weighted by molar-refractivity contribution is 5.98. The summed E-state index contributed by atoms with van der Waals surface area (Å²) in [7, 11) is 0. The number of carbonyl (C=O) groups is 1. The van der Waals surface area contributed by atoms with Gasteiger partial charge in [0.25, 0.3) is 5.69 Å². The molecule has 2 aromatic carbocycles. The molecule has 0 spiro atoms. The molecule has 0 heterocycles. The first-order chi connectivity index (χ1) is 9.45. The largest absolute Gasteiger partial charge is 0.294 e. The molecule has 0 aliphatic rings. The minimum Gasteiger partial charge on any atom is -0.294 e. The van der Waals surface area contributed by atoms with Gasteiger partial charge in [0, 0.05) is 18.1 Å². The van der Waals surface area contributed by atoms with Gasteiger partial charge in [-0.2, -0.15) is 0 Å². The van der Waals surface area contributed by atoms with E-state index in [-0.39, 0.29) is 12.0 Å². The molecule has 4 nitrogen and oxygen atoms in total. The maximum atomic E-state index is 13.2. The first kappa shape index (κ1) is 13.8. The lowest BCUT2D eigenvalue weighted by Gasteiger charge is -2.02. The van der Waals surface area contributed by atoms with Crippen molar-refractivity contribution in [2.45, 2.75) is 6.42 Å². The van der Waals surface area contributed by atoms with Crippen LogP contribution in [0.2, 0.25) is 0 Å². The van der Waals surface area contributed by atoms with Gasteiger partial charge in [-0.15, -0.1) is 0 Å². The van der Waals surface area contributed by atoms with Crippen molar-refractivity contribution in [3.8, 4) is 0 Å². The maximum Gasteiger partial charge on any atom is 0.273 e. The van der Waals surface area contributed by atoms with Crippen LogP contribution in [0.15, 0.2) is 42.5 Å². The number of ketones is 1. The van der Waals surface area contributed by atoms with E-state index in [1.54, 1.807) is 6.07 Å². The van der Waals surface area contributed by atoms with E-state index in [2.05, 4.69) is 0 Å². The Labute approximate surface area is 112 Å². The molecule has 2 aromatic rings. The number of nitro groups is 1. The fourth-order valence-electron chi connectivity index (χ4n) is 1.77. The Kier molecular flexibility index (Phi) is 3.84. The van der Waals surface area contributed by atoms with Gasteiger partial charge in [0.15, 0.2) is 5.78 Å². The van der Waals surface area contributed by atoms with E-state index in [0.717, 1.165) is 18.2 Å². The number of halogens is 2. The van der Waals surface area contributed by atoms with Crippen molar-refractivity contribution in [2.24, 2.45) is 0 Å². The Morgan fingerprint density at radius 1 is 1.10 bits per heavy atom. The highest BCUT2D eigenvalue weighted by Gasteiger charge is 2.15. The maximum absolute atomic E-state index is 13.2. The van der Waals surface area contributed by atoms with Gasteiger partial charge in [-0.25, -0.2) is 8.78 Å². The third-order valence-electron chi connectivity index (χ3n) is 2.67. The monoisotopic (exact) mass is 277 g/mol. The van der Waals surface area contributed by atoms with E-state index in [1.807, 2.05) is 0 Å². The van der Waals surface area contributed by atoms with Crippen LogP contribution in [0.5, 0.6) is 0 Å². The summed E-state index contributed by atoms with van der Waals surface area (Å²) >= 11 is 0. The SMILES string of the molecule is O=C(Cc1cccc(F)c1)c1cc(F)cc([N+](=O)[O-])c1. The molecule has 2 rings (SSSR count). The van der Waals surface area contributed by atoms with E-state index < -0.39 is 28.0 Å². The fraction of sp³-hybridized carbons (Fsp3) is 0.0714. The van der Waals surface area contributed by atoms with E-state index in [0.29, 0.717) is 5.56 Å². The van der Waals surface area contributed by atoms with Gasteiger partial charge in [-0.3, -0.25) is 14.9 Å². The number of rotatable bonds is 4. The van der Waals surface area contributed by atoms with Crippen LogP contribution >= 0.6 is 0 Å². The molecule has 0 aliphatic carbocycles. The first-order valence-electron chi connectivity index (χ1n) is 5.68. The molecule has 0 unspecified atom stereocenters.